The molecular formula is C14H20F2. The molecule has 0 spiro atoms. The van der Waals surface area contributed by atoms with E-state index >= 15 is 0 Å². The second-order valence-electron chi connectivity index (χ2n) is 5.72. The van der Waals surface area contributed by atoms with Gasteiger partial charge in [0.25, 0.3) is 0 Å². The lowest BCUT2D eigenvalue weighted by Gasteiger charge is -2.22. The zero-order chi connectivity index (χ0) is 12.7. The standard InChI is InChI=1S/C14H20F2/c1-8-9(2)13(16)11(7-14(4,5)6)10(3)12(8)15/h7H2,1-6H3. The molecule has 0 N–H and O–H groups in total. The molecule has 0 radical (unpaired) electrons. The molecule has 0 heterocycles. The molecular weight excluding hydrogens is 206 g/mol. The van der Waals surface area contributed by atoms with Crippen LogP contribution in [0.15, 0.2) is 0 Å². The van der Waals surface area contributed by atoms with Gasteiger partial charge in [-0.1, -0.05) is 20.8 Å². The SMILES string of the molecule is Cc1c(C)c(F)c(CC(C)(C)C)c(C)c1F. The van der Waals surface area contributed by atoms with Gasteiger partial charge < -0.3 is 0 Å². The van der Waals surface area contributed by atoms with Gasteiger partial charge in [0.2, 0.25) is 0 Å². The molecule has 2 heteroatoms. The third-order valence-corrected chi connectivity index (χ3v) is 2.97. The molecule has 0 amide bonds. The van der Waals surface area contributed by atoms with Gasteiger partial charge in [-0.15, -0.1) is 0 Å². The summed E-state index contributed by atoms with van der Waals surface area (Å²) < 4.78 is 27.9. The molecule has 0 aliphatic heterocycles. The van der Waals surface area contributed by atoms with Crippen molar-refractivity contribution in [3.05, 3.63) is 33.9 Å². The van der Waals surface area contributed by atoms with Gasteiger partial charge >= 0.3 is 0 Å². The first kappa shape index (κ1) is 13.1. The highest BCUT2D eigenvalue weighted by Gasteiger charge is 2.21. The molecule has 0 aromatic heterocycles. The van der Waals surface area contributed by atoms with Crippen molar-refractivity contribution in [2.75, 3.05) is 0 Å². The van der Waals surface area contributed by atoms with Crippen molar-refractivity contribution < 1.29 is 8.78 Å². The first-order valence-electron chi connectivity index (χ1n) is 5.59. The van der Waals surface area contributed by atoms with Gasteiger partial charge in [-0.2, -0.15) is 0 Å². The van der Waals surface area contributed by atoms with Crippen LogP contribution in [-0.2, 0) is 6.42 Å². The summed E-state index contributed by atoms with van der Waals surface area (Å²) in [7, 11) is 0. The molecule has 0 unspecified atom stereocenters. The first-order valence-corrected chi connectivity index (χ1v) is 5.59. The van der Waals surface area contributed by atoms with E-state index in [0.29, 0.717) is 28.7 Å². The van der Waals surface area contributed by atoms with Crippen LogP contribution < -0.4 is 0 Å². The second-order valence-corrected chi connectivity index (χ2v) is 5.72. The molecule has 1 aromatic carbocycles. The Bertz CT molecular complexity index is 383. The summed E-state index contributed by atoms with van der Waals surface area (Å²) in [6, 6.07) is 0. The Balaban J connectivity index is 3.40. The zero-order valence-electron chi connectivity index (χ0n) is 11.0. The van der Waals surface area contributed by atoms with Crippen LogP contribution in [0.3, 0.4) is 0 Å². The van der Waals surface area contributed by atoms with Crippen molar-refractivity contribution >= 4 is 0 Å². The highest BCUT2D eigenvalue weighted by atomic mass is 19.1. The predicted octanol–water partition coefficient (Wildman–Crippen LogP) is 4.48. The summed E-state index contributed by atoms with van der Waals surface area (Å²) >= 11 is 0. The highest BCUT2D eigenvalue weighted by molar-refractivity contribution is 5.40. The highest BCUT2D eigenvalue weighted by Crippen LogP contribution is 2.30. The minimum atomic E-state index is -0.266. The maximum absolute atomic E-state index is 14.1. The molecule has 0 saturated heterocycles. The minimum absolute atomic E-state index is 0.0419. The van der Waals surface area contributed by atoms with Gasteiger partial charge in [-0.25, -0.2) is 8.78 Å². The minimum Gasteiger partial charge on any atom is -0.206 e. The van der Waals surface area contributed by atoms with Crippen LogP contribution in [-0.4, -0.2) is 0 Å². The number of hydrogen-bond donors (Lipinski definition) is 0. The molecule has 90 valence electrons. The van der Waals surface area contributed by atoms with E-state index in [1.54, 1.807) is 20.8 Å². The fourth-order valence-electron chi connectivity index (χ4n) is 1.87. The van der Waals surface area contributed by atoms with Gasteiger partial charge in [-0.05, 0) is 54.9 Å². The molecule has 0 fully saturated rings. The van der Waals surface area contributed by atoms with E-state index < -0.39 is 0 Å². The topological polar surface area (TPSA) is 0 Å². The van der Waals surface area contributed by atoms with Gasteiger partial charge in [0, 0.05) is 0 Å². The predicted molar refractivity (Wildman–Crippen MR) is 63.7 cm³/mol. The van der Waals surface area contributed by atoms with Crippen LogP contribution in [0, 0.1) is 37.8 Å². The lowest BCUT2D eigenvalue weighted by molar-refractivity contribution is 0.398. The fraction of sp³-hybridized carbons (Fsp3) is 0.571. The summed E-state index contributed by atoms with van der Waals surface area (Å²) in [5.41, 5.74) is 1.79. The molecule has 0 saturated carbocycles. The molecule has 0 aliphatic carbocycles. The van der Waals surface area contributed by atoms with E-state index in [1.807, 2.05) is 20.8 Å². The summed E-state index contributed by atoms with van der Waals surface area (Å²) in [5.74, 6) is -0.510. The number of benzene rings is 1. The first-order chi connectivity index (χ1) is 7.15. The van der Waals surface area contributed by atoms with Crippen molar-refractivity contribution in [2.24, 2.45) is 5.41 Å². The van der Waals surface area contributed by atoms with Crippen LogP contribution in [0.4, 0.5) is 8.78 Å². The lowest BCUT2D eigenvalue weighted by atomic mass is 9.84. The Kier molecular flexibility index (Phi) is 3.41. The molecule has 0 aliphatic rings. The van der Waals surface area contributed by atoms with Gasteiger partial charge in [0.05, 0.1) is 0 Å². The largest absolute Gasteiger partial charge is 0.206 e. The van der Waals surface area contributed by atoms with E-state index in [1.165, 1.54) is 0 Å². The Morgan fingerprint density at radius 3 is 1.69 bits per heavy atom. The number of halogens is 2. The molecule has 0 atom stereocenters. The second kappa shape index (κ2) is 4.15. The van der Waals surface area contributed by atoms with E-state index in [4.69, 9.17) is 0 Å². The lowest BCUT2D eigenvalue weighted by Crippen LogP contribution is -2.14. The molecule has 1 rings (SSSR count). The van der Waals surface area contributed by atoms with Crippen molar-refractivity contribution in [3.63, 3.8) is 0 Å². The quantitative estimate of drug-likeness (QED) is 0.662. The number of hydrogen-bond acceptors (Lipinski definition) is 0. The molecule has 1 aromatic rings. The Hall–Kier alpha value is -0.920. The third-order valence-electron chi connectivity index (χ3n) is 2.97. The molecule has 0 nitrogen and oxygen atoms in total. The van der Waals surface area contributed by atoms with Crippen LogP contribution in [0.25, 0.3) is 0 Å². The normalized spacial score (nSPS) is 12.0. The van der Waals surface area contributed by atoms with Crippen LogP contribution >= 0.6 is 0 Å². The monoisotopic (exact) mass is 226 g/mol. The average Bonchev–Trinajstić information content (AvgIpc) is 2.17. The van der Waals surface area contributed by atoms with Crippen molar-refractivity contribution in [3.8, 4) is 0 Å². The molecule has 0 bridgehead atoms. The Labute approximate surface area is 96.7 Å². The van der Waals surface area contributed by atoms with Crippen LogP contribution in [0.5, 0.6) is 0 Å². The number of rotatable bonds is 1. The van der Waals surface area contributed by atoms with Crippen molar-refractivity contribution in [1.82, 2.24) is 0 Å². The van der Waals surface area contributed by atoms with Gasteiger partial charge in [-0.3, -0.25) is 0 Å². The van der Waals surface area contributed by atoms with Gasteiger partial charge in [0.15, 0.2) is 0 Å². The summed E-state index contributed by atoms with van der Waals surface area (Å²) in [5, 5.41) is 0. The van der Waals surface area contributed by atoms with Gasteiger partial charge in [0.1, 0.15) is 11.6 Å². The average molecular weight is 226 g/mol. The molecule has 16 heavy (non-hydrogen) atoms. The maximum atomic E-state index is 14.1. The maximum Gasteiger partial charge on any atom is 0.130 e. The summed E-state index contributed by atoms with van der Waals surface area (Å²) in [4.78, 5) is 0. The summed E-state index contributed by atoms with van der Waals surface area (Å²) in [6.45, 7) is 11.0. The Morgan fingerprint density at radius 1 is 0.812 bits per heavy atom. The van der Waals surface area contributed by atoms with E-state index in [-0.39, 0.29) is 17.0 Å². The van der Waals surface area contributed by atoms with E-state index in [9.17, 15) is 8.78 Å². The van der Waals surface area contributed by atoms with Crippen molar-refractivity contribution in [1.29, 1.82) is 0 Å². The zero-order valence-corrected chi connectivity index (χ0v) is 11.0. The third kappa shape index (κ3) is 2.42. The fourth-order valence-corrected chi connectivity index (χ4v) is 1.87. The van der Waals surface area contributed by atoms with E-state index in [2.05, 4.69) is 0 Å². The van der Waals surface area contributed by atoms with Crippen molar-refractivity contribution in [2.45, 2.75) is 48.0 Å². The van der Waals surface area contributed by atoms with Crippen LogP contribution in [0.1, 0.15) is 43.0 Å². The summed E-state index contributed by atoms with van der Waals surface area (Å²) in [6.07, 6.45) is 0.558. The van der Waals surface area contributed by atoms with E-state index in [0.717, 1.165) is 0 Å². The Morgan fingerprint density at radius 2 is 1.25 bits per heavy atom. The van der Waals surface area contributed by atoms with Crippen LogP contribution in [0.2, 0.25) is 0 Å². The smallest absolute Gasteiger partial charge is 0.130 e.